The van der Waals surface area contributed by atoms with Crippen LogP contribution in [0, 0.1) is 0 Å². The zero-order valence-corrected chi connectivity index (χ0v) is 24.7. The minimum Gasteiger partial charge on any atom is -0.465 e. The lowest BCUT2D eigenvalue weighted by molar-refractivity contribution is -0.136. The molecule has 1 N–H and O–H groups in total. The van der Waals surface area contributed by atoms with Crippen molar-refractivity contribution in [1.29, 1.82) is 0 Å². The number of fused-ring (bicyclic) bond motifs is 1. The SMILES string of the molecule is COC(=O)c1ccc(C(=O)N2CCC(NS(=O)(=O)c3cn(S(=O)(=O)c4ccccc4)c4cccc(C(F)(F)F)c34)CC2)cc1. The summed E-state index contributed by atoms with van der Waals surface area (Å²) in [6.07, 6.45) is -3.98. The summed E-state index contributed by atoms with van der Waals surface area (Å²) in [4.78, 5) is 25.0. The summed E-state index contributed by atoms with van der Waals surface area (Å²) in [5, 5.41) is -0.768. The van der Waals surface area contributed by atoms with Crippen LogP contribution in [0.15, 0.2) is 88.8 Å². The Morgan fingerprint density at radius 3 is 2.07 bits per heavy atom. The van der Waals surface area contributed by atoms with Crippen LogP contribution < -0.4 is 4.72 Å². The molecule has 15 heteroatoms. The van der Waals surface area contributed by atoms with Gasteiger partial charge in [-0.05, 0) is 61.4 Å². The van der Waals surface area contributed by atoms with Crippen molar-refractivity contribution in [2.45, 2.75) is 34.9 Å². The molecule has 1 fully saturated rings. The fourth-order valence-electron chi connectivity index (χ4n) is 5.10. The van der Waals surface area contributed by atoms with E-state index in [0.717, 1.165) is 12.1 Å². The van der Waals surface area contributed by atoms with Gasteiger partial charge in [-0.2, -0.15) is 13.2 Å². The number of esters is 1. The molecule has 5 rings (SSSR count). The third kappa shape index (κ3) is 5.94. The molecule has 1 amide bonds. The number of methoxy groups -OCH3 is 1. The Balaban J connectivity index is 1.42. The molecule has 3 aromatic carbocycles. The van der Waals surface area contributed by atoms with Crippen molar-refractivity contribution in [1.82, 2.24) is 13.6 Å². The van der Waals surface area contributed by atoms with Gasteiger partial charge >= 0.3 is 12.1 Å². The largest absolute Gasteiger partial charge is 0.465 e. The average Bonchev–Trinajstić information content (AvgIpc) is 3.42. The Kier molecular flexibility index (Phi) is 8.31. The standard InChI is InChI=1S/C29H26F3N3O7S2/c1-42-28(37)20-12-10-19(11-13-20)27(36)34-16-14-21(15-17-34)33-43(38,39)25-18-35(44(40,41)22-6-3-2-4-7-22)24-9-5-8-23(26(24)25)29(30,31)32/h2-13,18,21,33H,14-17H2,1H3. The molecule has 0 radical (unpaired) electrons. The maximum atomic E-state index is 14.1. The van der Waals surface area contributed by atoms with Crippen LogP contribution in [0.1, 0.15) is 39.1 Å². The predicted molar refractivity (Wildman–Crippen MR) is 153 cm³/mol. The van der Waals surface area contributed by atoms with Crippen molar-refractivity contribution < 1.29 is 44.3 Å². The minimum atomic E-state index is -4.98. The number of amides is 1. The number of rotatable bonds is 7. The van der Waals surface area contributed by atoms with Gasteiger partial charge in [0.05, 0.1) is 28.6 Å². The number of nitrogens with one attached hydrogen (secondary N) is 1. The summed E-state index contributed by atoms with van der Waals surface area (Å²) >= 11 is 0. The van der Waals surface area contributed by atoms with Gasteiger partial charge in [-0.3, -0.25) is 4.79 Å². The van der Waals surface area contributed by atoms with Crippen LogP contribution in [-0.2, 0) is 31.0 Å². The third-order valence-corrected chi connectivity index (χ3v) is 10.5. The average molecular weight is 650 g/mol. The Morgan fingerprint density at radius 1 is 0.864 bits per heavy atom. The third-order valence-electron chi connectivity index (χ3n) is 7.31. The topological polar surface area (TPSA) is 132 Å². The number of halogens is 3. The highest BCUT2D eigenvalue weighted by atomic mass is 32.2. The molecule has 0 spiro atoms. The van der Waals surface area contributed by atoms with Crippen molar-refractivity contribution in [2.24, 2.45) is 0 Å². The summed E-state index contributed by atoms with van der Waals surface area (Å²) in [5.41, 5.74) is -1.16. The maximum Gasteiger partial charge on any atom is 0.417 e. The van der Waals surface area contributed by atoms with Crippen molar-refractivity contribution >= 4 is 42.8 Å². The fourth-order valence-corrected chi connectivity index (χ4v) is 8.08. The Morgan fingerprint density at radius 2 is 1.48 bits per heavy atom. The molecule has 0 aliphatic carbocycles. The predicted octanol–water partition coefficient (Wildman–Crippen LogP) is 4.27. The molecule has 1 aliphatic rings. The number of hydrogen-bond donors (Lipinski definition) is 1. The molecule has 0 bridgehead atoms. The monoisotopic (exact) mass is 649 g/mol. The minimum absolute atomic E-state index is 0.142. The van der Waals surface area contributed by atoms with Crippen molar-refractivity contribution in [3.8, 4) is 0 Å². The van der Waals surface area contributed by atoms with Crippen molar-refractivity contribution in [3.05, 3.63) is 95.7 Å². The van der Waals surface area contributed by atoms with Gasteiger partial charge in [0.25, 0.3) is 15.9 Å². The molecule has 0 atom stereocenters. The molecule has 1 aliphatic heterocycles. The first-order chi connectivity index (χ1) is 20.7. The van der Waals surface area contributed by atoms with Gasteiger partial charge < -0.3 is 9.64 Å². The summed E-state index contributed by atoms with van der Waals surface area (Å²) in [7, 11) is -7.91. The van der Waals surface area contributed by atoms with Gasteiger partial charge in [0, 0.05) is 36.3 Å². The number of carbonyl (C=O) groups is 2. The van der Waals surface area contributed by atoms with Crippen LogP contribution >= 0.6 is 0 Å². The number of carbonyl (C=O) groups excluding carboxylic acids is 2. The molecule has 232 valence electrons. The van der Waals surface area contributed by atoms with E-state index in [2.05, 4.69) is 9.46 Å². The smallest absolute Gasteiger partial charge is 0.417 e. The van der Waals surface area contributed by atoms with E-state index in [1.54, 1.807) is 6.07 Å². The van der Waals surface area contributed by atoms with Gasteiger partial charge in [0.2, 0.25) is 10.0 Å². The van der Waals surface area contributed by atoms with Gasteiger partial charge in [0.1, 0.15) is 4.90 Å². The number of aromatic nitrogens is 1. The fraction of sp³-hybridized carbons (Fsp3) is 0.241. The molecule has 1 aromatic heterocycles. The molecular formula is C29H26F3N3O7S2. The summed E-state index contributed by atoms with van der Waals surface area (Å²) in [5.74, 6) is -0.896. The molecule has 4 aromatic rings. The van der Waals surface area contributed by atoms with Gasteiger partial charge in [-0.25, -0.2) is 30.3 Å². The van der Waals surface area contributed by atoms with Crippen LogP contribution in [0.25, 0.3) is 10.9 Å². The number of alkyl halides is 3. The summed E-state index contributed by atoms with van der Waals surface area (Å²) in [6, 6.07) is 14.9. The number of piperidine rings is 1. The first kappa shape index (κ1) is 31.2. The molecule has 0 saturated carbocycles. The van der Waals surface area contributed by atoms with Gasteiger partial charge in [0.15, 0.2) is 0 Å². The first-order valence-corrected chi connectivity index (χ1v) is 16.2. The highest BCUT2D eigenvalue weighted by molar-refractivity contribution is 7.91. The molecular weight excluding hydrogens is 623 g/mol. The van der Waals surface area contributed by atoms with E-state index >= 15 is 0 Å². The van der Waals surface area contributed by atoms with Crippen LogP contribution in [-0.4, -0.2) is 63.8 Å². The number of hydrogen-bond acceptors (Lipinski definition) is 7. The van der Waals surface area contributed by atoms with Gasteiger partial charge in [-0.1, -0.05) is 24.3 Å². The van der Waals surface area contributed by atoms with E-state index in [-0.39, 0.29) is 42.3 Å². The van der Waals surface area contributed by atoms with E-state index in [4.69, 9.17) is 0 Å². The van der Waals surface area contributed by atoms with E-state index in [0.29, 0.717) is 21.8 Å². The number of likely N-dealkylation sites (tertiary alicyclic amines) is 1. The molecule has 2 heterocycles. The van der Waals surface area contributed by atoms with Crippen LogP contribution in [0.3, 0.4) is 0 Å². The van der Waals surface area contributed by atoms with Crippen LogP contribution in [0.4, 0.5) is 13.2 Å². The van der Waals surface area contributed by atoms with Gasteiger partial charge in [-0.15, -0.1) is 0 Å². The number of sulfonamides is 1. The molecule has 0 unspecified atom stereocenters. The van der Waals surface area contributed by atoms with E-state index in [1.807, 2.05) is 0 Å². The lowest BCUT2D eigenvalue weighted by Crippen LogP contribution is -2.46. The quantitative estimate of drug-likeness (QED) is 0.296. The zero-order valence-electron chi connectivity index (χ0n) is 23.1. The van der Waals surface area contributed by atoms with Crippen LogP contribution in [0.5, 0.6) is 0 Å². The van der Waals surface area contributed by atoms with Crippen molar-refractivity contribution in [2.75, 3.05) is 20.2 Å². The highest BCUT2D eigenvalue weighted by Gasteiger charge is 2.38. The zero-order chi connectivity index (χ0) is 31.9. The summed E-state index contributed by atoms with van der Waals surface area (Å²) < 4.78 is 104. The molecule has 44 heavy (non-hydrogen) atoms. The van der Waals surface area contributed by atoms with Crippen molar-refractivity contribution in [3.63, 3.8) is 0 Å². The number of benzene rings is 3. The van der Waals surface area contributed by atoms with Crippen LogP contribution in [0.2, 0.25) is 0 Å². The Hall–Kier alpha value is -4.21. The molecule has 1 saturated heterocycles. The van der Waals surface area contributed by atoms with E-state index in [1.165, 1.54) is 60.5 Å². The molecule has 10 nitrogen and oxygen atoms in total. The highest BCUT2D eigenvalue weighted by Crippen LogP contribution is 2.40. The second-order valence-electron chi connectivity index (χ2n) is 10.1. The summed E-state index contributed by atoms with van der Waals surface area (Å²) in [6.45, 7) is 0.283. The Bertz CT molecular complexity index is 1930. The lowest BCUT2D eigenvalue weighted by Gasteiger charge is -2.32. The van der Waals surface area contributed by atoms with E-state index < -0.39 is 59.6 Å². The first-order valence-electron chi connectivity index (χ1n) is 13.3. The maximum absolute atomic E-state index is 14.1. The van der Waals surface area contributed by atoms with E-state index in [9.17, 15) is 39.6 Å². The normalized spacial score (nSPS) is 15.0. The second-order valence-corrected chi connectivity index (χ2v) is 13.6. The number of ether oxygens (including phenoxy) is 1. The second kappa shape index (κ2) is 11.7. The number of nitrogens with zero attached hydrogens (tertiary/aromatic N) is 2. The lowest BCUT2D eigenvalue weighted by atomic mass is 10.0. The Labute approximate surface area is 251 Å².